The van der Waals surface area contributed by atoms with Crippen molar-refractivity contribution < 1.29 is 17.5 Å². The molecule has 1 aromatic carbocycles. The molecular formula is C35H66BrNO3S. The molecule has 0 heterocycles. The summed E-state index contributed by atoms with van der Waals surface area (Å²) in [5, 5.41) is 1.16. The third-order valence-electron chi connectivity index (χ3n) is 8.24. The molecule has 0 amide bonds. The normalized spacial score (nSPS) is 11.9. The molecule has 6 heteroatoms. The zero-order valence-corrected chi connectivity index (χ0v) is 29.8. The van der Waals surface area contributed by atoms with Crippen LogP contribution in [0.15, 0.2) is 29.2 Å². The van der Waals surface area contributed by atoms with Crippen LogP contribution in [0.5, 0.6) is 0 Å². The van der Waals surface area contributed by atoms with Gasteiger partial charge in [-0.25, -0.2) is 8.42 Å². The fourth-order valence-electron chi connectivity index (χ4n) is 5.44. The van der Waals surface area contributed by atoms with Crippen molar-refractivity contribution in [3.05, 3.63) is 29.8 Å². The Balaban J connectivity index is 0.00000120. The summed E-state index contributed by atoms with van der Waals surface area (Å²) in [5.41, 5.74) is 0.928. The molecule has 1 aromatic rings. The average Bonchev–Trinajstić information content (AvgIpc) is 2.94. The fourth-order valence-corrected chi connectivity index (χ4v) is 6.16. The minimum absolute atomic E-state index is 0.178. The van der Waals surface area contributed by atoms with Crippen LogP contribution in [-0.2, 0) is 10.1 Å². The highest BCUT2D eigenvalue weighted by atomic mass is 79.9. The third kappa shape index (κ3) is 25.8. The maximum atomic E-state index is 10.4. The highest BCUT2D eigenvalue weighted by Crippen LogP contribution is 2.16. The van der Waals surface area contributed by atoms with Gasteiger partial charge in [0.15, 0.2) is 0 Å². The van der Waals surface area contributed by atoms with Gasteiger partial charge < -0.3 is 9.04 Å². The number of rotatable bonds is 26. The van der Waals surface area contributed by atoms with E-state index in [9.17, 15) is 13.0 Å². The van der Waals surface area contributed by atoms with Crippen LogP contribution in [0.1, 0.15) is 154 Å². The van der Waals surface area contributed by atoms with Crippen LogP contribution in [0.25, 0.3) is 0 Å². The quantitative estimate of drug-likeness (QED) is 0.0430. The van der Waals surface area contributed by atoms with E-state index in [2.05, 4.69) is 36.8 Å². The van der Waals surface area contributed by atoms with Gasteiger partial charge >= 0.3 is 0 Å². The number of hydrogen-bond acceptors (Lipinski definition) is 3. The van der Waals surface area contributed by atoms with E-state index in [1.54, 1.807) is 12.1 Å². The first-order valence-corrected chi connectivity index (χ1v) is 19.6. The second-order valence-corrected chi connectivity index (χ2v) is 14.6. The second kappa shape index (κ2) is 27.1. The molecule has 1 rings (SSSR count). The SMILES string of the molecule is CCCCCCCCCCCC[N+](C)(CCCBr)CCCCCCCCCCCC.Cc1ccc(S(=O)(=O)[O-])cc1. The van der Waals surface area contributed by atoms with Crippen LogP contribution >= 0.6 is 15.9 Å². The molecule has 0 aliphatic heterocycles. The summed E-state index contributed by atoms with van der Waals surface area (Å²) in [5.74, 6) is 0. The maximum Gasteiger partial charge on any atom is 0.124 e. The van der Waals surface area contributed by atoms with E-state index in [4.69, 9.17) is 0 Å². The number of alkyl halides is 1. The summed E-state index contributed by atoms with van der Waals surface area (Å²) in [7, 11) is -1.74. The molecule has 0 N–H and O–H groups in total. The second-order valence-electron chi connectivity index (χ2n) is 12.5. The molecule has 0 fully saturated rings. The molecule has 0 unspecified atom stereocenters. The highest BCUT2D eigenvalue weighted by molar-refractivity contribution is 9.09. The third-order valence-corrected chi connectivity index (χ3v) is 9.65. The van der Waals surface area contributed by atoms with Crippen LogP contribution in [0.4, 0.5) is 0 Å². The summed E-state index contributed by atoms with van der Waals surface area (Å²) in [4.78, 5) is -0.178. The average molecular weight is 661 g/mol. The molecule has 0 radical (unpaired) electrons. The smallest absolute Gasteiger partial charge is 0.124 e. The number of unbranched alkanes of at least 4 members (excludes halogenated alkanes) is 18. The Morgan fingerprint density at radius 3 is 1.22 bits per heavy atom. The summed E-state index contributed by atoms with van der Waals surface area (Å²) < 4.78 is 32.5. The topological polar surface area (TPSA) is 57.2 Å². The summed E-state index contributed by atoms with van der Waals surface area (Å²) in [6.07, 6.45) is 30.3. The lowest BCUT2D eigenvalue weighted by Gasteiger charge is -2.35. The minimum Gasteiger partial charge on any atom is -0.744 e. The van der Waals surface area contributed by atoms with Gasteiger partial charge in [-0.2, -0.15) is 0 Å². The Labute approximate surface area is 264 Å². The molecular weight excluding hydrogens is 594 g/mol. The Morgan fingerprint density at radius 2 is 0.902 bits per heavy atom. The van der Waals surface area contributed by atoms with Crippen LogP contribution in [-0.4, -0.2) is 49.5 Å². The maximum absolute atomic E-state index is 10.4. The zero-order chi connectivity index (χ0) is 30.7. The van der Waals surface area contributed by atoms with Crippen LogP contribution < -0.4 is 0 Å². The first kappa shape index (κ1) is 40.6. The molecule has 0 atom stereocenters. The molecule has 0 aliphatic rings. The molecule has 0 bridgehead atoms. The van der Waals surface area contributed by atoms with Gasteiger partial charge in [-0.05, 0) is 44.7 Å². The van der Waals surface area contributed by atoms with Crippen molar-refractivity contribution in [2.75, 3.05) is 32.0 Å². The summed E-state index contributed by atoms with van der Waals surface area (Å²) in [6.45, 7) is 10.6. The first-order chi connectivity index (χ1) is 19.7. The lowest BCUT2D eigenvalue weighted by atomic mass is 10.1. The molecule has 0 spiro atoms. The van der Waals surface area contributed by atoms with Gasteiger partial charge in [0.1, 0.15) is 10.1 Å². The van der Waals surface area contributed by atoms with E-state index in [1.807, 2.05) is 6.92 Å². The number of quaternary nitrogens is 1. The van der Waals surface area contributed by atoms with Gasteiger partial charge in [0.25, 0.3) is 0 Å². The standard InChI is InChI=1S/C28H59BrN.C7H8O3S/c1-4-6-8-10-12-14-16-18-20-22-26-30(3,28-24-25-29)27-23-21-19-17-15-13-11-9-7-5-2;1-6-2-4-7(5-3-6)11(8,9)10/h4-28H2,1-3H3;2-5H,1H3,(H,8,9,10)/q+1;/p-1. The predicted molar refractivity (Wildman–Crippen MR) is 182 cm³/mol. The largest absolute Gasteiger partial charge is 0.744 e. The minimum atomic E-state index is -4.27. The molecule has 0 saturated carbocycles. The Morgan fingerprint density at radius 1 is 0.585 bits per heavy atom. The van der Waals surface area contributed by atoms with Gasteiger partial charge in [-0.3, -0.25) is 0 Å². The van der Waals surface area contributed by atoms with E-state index in [0.29, 0.717) is 0 Å². The molecule has 4 nitrogen and oxygen atoms in total. The van der Waals surface area contributed by atoms with Gasteiger partial charge in [0.2, 0.25) is 0 Å². The number of benzene rings is 1. The van der Waals surface area contributed by atoms with Crippen molar-refractivity contribution in [1.29, 1.82) is 0 Å². The van der Waals surface area contributed by atoms with E-state index >= 15 is 0 Å². The van der Waals surface area contributed by atoms with Crippen molar-refractivity contribution in [1.82, 2.24) is 0 Å². The zero-order valence-electron chi connectivity index (χ0n) is 27.4. The van der Waals surface area contributed by atoms with Crippen molar-refractivity contribution in [2.45, 2.75) is 161 Å². The Kier molecular flexibility index (Phi) is 26.9. The van der Waals surface area contributed by atoms with Crippen molar-refractivity contribution in [3.63, 3.8) is 0 Å². The van der Waals surface area contributed by atoms with E-state index in [-0.39, 0.29) is 4.90 Å². The molecule has 242 valence electrons. The van der Waals surface area contributed by atoms with Crippen molar-refractivity contribution in [3.8, 4) is 0 Å². The Hall–Kier alpha value is -0.430. The lowest BCUT2D eigenvalue weighted by molar-refractivity contribution is -0.910. The van der Waals surface area contributed by atoms with E-state index < -0.39 is 10.1 Å². The van der Waals surface area contributed by atoms with Gasteiger partial charge in [0, 0.05) is 11.8 Å². The number of nitrogens with zero attached hydrogens (tertiary/aromatic N) is 1. The number of hydrogen-bond donors (Lipinski definition) is 0. The summed E-state index contributed by atoms with van der Waals surface area (Å²) >= 11 is 3.66. The van der Waals surface area contributed by atoms with E-state index in [0.717, 1.165) is 10.9 Å². The molecule has 0 aliphatic carbocycles. The van der Waals surface area contributed by atoms with Gasteiger partial charge in [-0.15, -0.1) is 0 Å². The monoisotopic (exact) mass is 659 g/mol. The summed E-state index contributed by atoms with van der Waals surface area (Å²) in [6, 6.07) is 5.78. The fraction of sp³-hybridized carbons (Fsp3) is 0.829. The lowest BCUT2D eigenvalue weighted by Crippen LogP contribution is -2.46. The first-order valence-electron chi connectivity index (χ1n) is 17.1. The van der Waals surface area contributed by atoms with E-state index in [1.165, 1.54) is 171 Å². The van der Waals surface area contributed by atoms with Gasteiger partial charge in [-0.1, -0.05) is 150 Å². The number of aryl methyl sites for hydroxylation is 1. The number of halogens is 1. The van der Waals surface area contributed by atoms with Crippen LogP contribution in [0, 0.1) is 6.92 Å². The Bertz CT molecular complexity index is 774. The van der Waals surface area contributed by atoms with Crippen LogP contribution in [0.3, 0.4) is 0 Å². The predicted octanol–water partition coefficient (Wildman–Crippen LogP) is 11.0. The van der Waals surface area contributed by atoms with Crippen molar-refractivity contribution >= 4 is 26.0 Å². The van der Waals surface area contributed by atoms with Crippen molar-refractivity contribution in [2.24, 2.45) is 0 Å². The van der Waals surface area contributed by atoms with Gasteiger partial charge in [0.05, 0.1) is 31.6 Å². The molecule has 0 aromatic heterocycles. The molecule has 41 heavy (non-hydrogen) atoms. The highest BCUT2D eigenvalue weighted by Gasteiger charge is 2.19. The van der Waals surface area contributed by atoms with Crippen LogP contribution in [0.2, 0.25) is 0 Å². The molecule has 0 saturated heterocycles.